The first-order chi connectivity index (χ1) is 14.4. The molecule has 166 valence electrons. The summed E-state index contributed by atoms with van der Waals surface area (Å²) in [6, 6.07) is 6.08. The first-order valence-electron chi connectivity index (χ1n) is 10.3. The molecule has 0 aliphatic carbocycles. The zero-order chi connectivity index (χ0) is 23.5. The normalized spacial score (nSPS) is 12.9. The van der Waals surface area contributed by atoms with Gasteiger partial charge in [-0.1, -0.05) is 31.5 Å². The van der Waals surface area contributed by atoms with Gasteiger partial charge in [0, 0.05) is 16.8 Å². The number of ether oxygens (including phenoxy) is 1. The number of amides is 1. The van der Waals surface area contributed by atoms with Crippen LogP contribution in [0.2, 0.25) is 0 Å². The predicted molar refractivity (Wildman–Crippen MR) is 117 cm³/mol. The van der Waals surface area contributed by atoms with E-state index < -0.39 is 29.8 Å². The van der Waals surface area contributed by atoms with Gasteiger partial charge in [-0.3, -0.25) is 14.4 Å². The molecule has 7 heteroatoms. The van der Waals surface area contributed by atoms with E-state index in [1.165, 1.54) is 13.8 Å². The van der Waals surface area contributed by atoms with E-state index in [0.717, 1.165) is 5.56 Å². The molecule has 0 spiro atoms. The quantitative estimate of drug-likeness (QED) is 0.494. The summed E-state index contributed by atoms with van der Waals surface area (Å²) in [6.07, 6.45) is -1.08. The molecule has 0 saturated carbocycles. The van der Waals surface area contributed by atoms with Crippen molar-refractivity contribution in [1.82, 2.24) is 10.3 Å². The molecular formula is C24H30N2O5. The topological polar surface area (TPSA) is 105 Å². The van der Waals surface area contributed by atoms with Crippen LogP contribution in [-0.2, 0) is 9.53 Å². The summed E-state index contributed by atoms with van der Waals surface area (Å²) in [4.78, 5) is 52.9. The number of ketones is 2. The monoisotopic (exact) mass is 426 g/mol. The lowest BCUT2D eigenvalue weighted by molar-refractivity contribution is -0.149. The van der Waals surface area contributed by atoms with Gasteiger partial charge in [0.1, 0.15) is 6.04 Å². The van der Waals surface area contributed by atoms with Crippen molar-refractivity contribution in [3.63, 3.8) is 0 Å². The van der Waals surface area contributed by atoms with E-state index in [9.17, 15) is 19.2 Å². The van der Waals surface area contributed by atoms with E-state index in [2.05, 4.69) is 10.3 Å². The van der Waals surface area contributed by atoms with Gasteiger partial charge in [-0.2, -0.15) is 0 Å². The molecule has 7 nitrogen and oxygen atoms in total. The molecule has 0 aliphatic heterocycles. The lowest BCUT2D eigenvalue weighted by Gasteiger charge is -2.23. The smallest absolute Gasteiger partial charge is 0.329 e. The summed E-state index contributed by atoms with van der Waals surface area (Å²) in [7, 11) is 0. The number of rotatable bonds is 8. The number of carbonyl (C=O) groups is 4. The highest BCUT2D eigenvalue weighted by Gasteiger charge is 2.31. The average Bonchev–Trinajstić information content (AvgIpc) is 2.99. The Morgan fingerprint density at radius 3 is 2.03 bits per heavy atom. The summed E-state index contributed by atoms with van der Waals surface area (Å²) >= 11 is 0. The van der Waals surface area contributed by atoms with Crippen LogP contribution in [0.15, 0.2) is 24.3 Å². The van der Waals surface area contributed by atoms with Gasteiger partial charge in [-0.15, -0.1) is 0 Å². The molecule has 2 atom stereocenters. The Morgan fingerprint density at radius 2 is 1.55 bits per heavy atom. The van der Waals surface area contributed by atoms with Crippen molar-refractivity contribution in [3.05, 3.63) is 57.9 Å². The fourth-order valence-electron chi connectivity index (χ4n) is 3.46. The van der Waals surface area contributed by atoms with Crippen molar-refractivity contribution >= 4 is 23.4 Å². The van der Waals surface area contributed by atoms with Crippen LogP contribution in [-0.4, -0.2) is 40.6 Å². The van der Waals surface area contributed by atoms with E-state index >= 15 is 0 Å². The maximum atomic E-state index is 12.9. The van der Waals surface area contributed by atoms with Crippen LogP contribution in [0.5, 0.6) is 0 Å². The number of benzene rings is 1. The minimum Gasteiger partial charge on any atom is -0.453 e. The average molecular weight is 427 g/mol. The lowest BCUT2D eigenvalue weighted by Crippen LogP contribution is -2.46. The van der Waals surface area contributed by atoms with Crippen molar-refractivity contribution in [2.45, 2.75) is 60.6 Å². The number of nitrogens with one attached hydrogen (secondary N) is 2. The number of Topliss-reactive ketones (excluding diaryl/α,β-unsaturated/α-hetero) is 2. The zero-order valence-electron chi connectivity index (χ0n) is 19.1. The zero-order valence-corrected chi connectivity index (χ0v) is 19.1. The number of carbonyl (C=O) groups excluding carboxylic acids is 4. The largest absolute Gasteiger partial charge is 0.453 e. The summed E-state index contributed by atoms with van der Waals surface area (Å²) in [5.74, 6) is -1.91. The number of hydrogen-bond acceptors (Lipinski definition) is 5. The van der Waals surface area contributed by atoms with Crippen LogP contribution in [0.3, 0.4) is 0 Å². The first-order valence-corrected chi connectivity index (χ1v) is 10.3. The Labute approximate surface area is 182 Å². The SMILES string of the molecule is CC(=O)c1c(C)[nH]c(C(=O)C(C)OC(=O)[C@@H](NC(=O)c2ccc(C)cc2)C(C)C)c1C. The Kier molecular flexibility index (Phi) is 7.55. The van der Waals surface area contributed by atoms with Gasteiger partial charge < -0.3 is 15.0 Å². The summed E-state index contributed by atoms with van der Waals surface area (Å²) in [5.41, 5.74) is 3.29. The minimum absolute atomic E-state index is 0.145. The molecule has 1 amide bonds. The van der Waals surface area contributed by atoms with E-state index in [-0.39, 0.29) is 17.4 Å². The van der Waals surface area contributed by atoms with Crippen molar-refractivity contribution in [1.29, 1.82) is 0 Å². The molecule has 0 bridgehead atoms. The fourth-order valence-corrected chi connectivity index (χ4v) is 3.46. The van der Waals surface area contributed by atoms with Crippen LogP contribution < -0.4 is 5.32 Å². The third-order valence-electron chi connectivity index (χ3n) is 5.22. The summed E-state index contributed by atoms with van der Waals surface area (Å²) < 4.78 is 5.40. The molecule has 1 aromatic carbocycles. The molecule has 1 aromatic heterocycles. The van der Waals surface area contributed by atoms with Gasteiger partial charge in [-0.25, -0.2) is 4.79 Å². The number of aromatic amines is 1. The Bertz CT molecular complexity index is 1000. The highest BCUT2D eigenvalue weighted by atomic mass is 16.5. The second-order valence-electron chi connectivity index (χ2n) is 8.19. The molecular weight excluding hydrogens is 396 g/mol. The second kappa shape index (κ2) is 9.73. The number of aromatic nitrogens is 1. The van der Waals surface area contributed by atoms with Crippen LogP contribution in [0.25, 0.3) is 0 Å². The Hall–Kier alpha value is -3.22. The molecule has 2 rings (SSSR count). The molecule has 31 heavy (non-hydrogen) atoms. The third-order valence-corrected chi connectivity index (χ3v) is 5.22. The van der Waals surface area contributed by atoms with Gasteiger partial charge in [-0.05, 0) is 58.2 Å². The lowest BCUT2D eigenvalue weighted by atomic mass is 10.0. The van der Waals surface area contributed by atoms with Crippen LogP contribution in [0.1, 0.15) is 75.7 Å². The molecule has 0 fully saturated rings. The standard InChI is InChI=1S/C24H30N2O5/c1-12(2)20(26-23(29)18-10-8-13(3)9-11-18)24(30)31-17(7)22(28)21-14(4)19(16(6)27)15(5)25-21/h8-12,17,20,25H,1-7H3,(H,26,29)/t17?,20-/m0/s1. The summed E-state index contributed by atoms with van der Waals surface area (Å²) in [5, 5.41) is 2.70. The second-order valence-corrected chi connectivity index (χ2v) is 8.19. The number of aryl methyl sites for hydroxylation is 2. The van der Waals surface area contributed by atoms with Crippen LogP contribution >= 0.6 is 0 Å². The van der Waals surface area contributed by atoms with Gasteiger partial charge in [0.15, 0.2) is 11.9 Å². The predicted octanol–water partition coefficient (Wildman–Crippen LogP) is 3.71. The Morgan fingerprint density at radius 1 is 0.968 bits per heavy atom. The molecule has 1 unspecified atom stereocenters. The third kappa shape index (κ3) is 5.48. The maximum Gasteiger partial charge on any atom is 0.329 e. The van der Waals surface area contributed by atoms with Crippen molar-refractivity contribution in [2.24, 2.45) is 5.92 Å². The van der Waals surface area contributed by atoms with E-state index in [4.69, 9.17) is 4.74 Å². The molecule has 2 aromatic rings. The molecule has 1 heterocycles. The van der Waals surface area contributed by atoms with Gasteiger partial charge in [0.2, 0.25) is 5.78 Å². The van der Waals surface area contributed by atoms with E-state index in [1.54, 1.807) is 39.8 Å². The van der Waals surface area contributed by atoms with Crippen molar-refractivity contribution in [2.75, 3.05) is 0 Å². The van der Waals surface area contributed by atoms with Crippen LogP contribution in [0.4, 0.5) is 0 Å². The first kappa shape index (κ1) is 24.1. The Balaban J connectivity index is 2.14. The number of H-pyrrole nitrogens is 1. The molecule has 2 N–H and O–H groups in total. The number of esters is 1. The van der Waals surface area contributed by atoms with Gasteiger partial charge in [0.05, 0.1) is 5.69 Å². The van der Waals surface area contributed by atoms with Crippen molar-refractivity contribution in [3.8, 4) is 0 Å². The molecule has 0 aliphatic rings. The van der Waals surface area contributed by atoms with Crippen LogP contribution in [0, 0.1) is 26.7 Å². The fraction of sp³-hybridized carbons (Fsp3) is 0.417. The highest BCUT2D eigenvalue weighted by Crippen LogP contribution is 2.21. The maximum absolute atomic E-state index is 12.9. The summed E-state index contributed by atoms with van der Waals surface area (Å²) in [6.45, 7) is 11.8. The highest BCUT2D eigenvalue weighted by molar-refractivity contribution is 6.05. The minimum atomic E-state index is -1.08. The molecule has 0 radical (unpaired) electrons. The van der Waals surface area contributed by atoms with Gasteiger partial charge >= 0.3 is 5.97 Å². The van der Waals surface area contributed by atoms with E-state index in [0.29, 0.717) is 22.4 Å². The van der Waals surface area contributed by atoms with E-state index in [1.807, 2.05) is 19.1 Å². The van der Waals surface area contributed by atoms with Gasteiger partial charge in [0.25, 0.3) is 5.91 Å². The molecule has 0 saturated heterocycles. The number of hydrogen-bond donors (Lipinski definition) is 2. The van der Waals surface area contributed by atoms with Crippen molar-refractivity contribution < 1.29 is 23.9 Å².